The molecule has 1 aliphatic carbocycles. The van der Waals surface area contributed by atoms with Gasteiger partial charge in [0.1, 0.15) is 5.69 Å². The molecular weight excluding hydrogens is 242 g/mol. The van der Waals surface area contributed by atoms with Crippen LogP contribution in [0.4, 0.5) is 0 Å². The fourth-order valence-corrected chi connectivity index (χ4v) is 2.67. The zero-order valence-electron chi connectivity index (χ0n) is 11.9. The molecule has 19 heavy (non-hydrogen) atoms. The number of nitrogens with one attached hydrogen (secondary N) is 1. The van der Waals surface area contributed by atoms with Gasteiger partial charge >= 0.3 is 0 Å². The van der Waals surface area contributed by atoms with Gasteiger partial charge in [0.05, 0.1) is 19.3 Å². The Morgan fingerprint density at radius 1 is 1.37 bits per heavy atom. The van der Waals surface area contributed by atoms with Crippen LogP contribution in [-0.4, -0.2) is 36.8 Å². The van der Waals surface area contributed by atoms with Crippen LogP contribution >= 0.6 is 0 Å². The molecule has 1 unspecified atom stereocenters. The maximum atomic E-state index is 5.60. The molecular formula is C14H23N3O2. The van der Waals surface area contributed by atoms with Crippen LogP contribution in [0.5, 0.6) is 5.88 Å². The van der Waals surface area contributed by atoms with Crippen LogP contribution in [0.2, 0.25) is 0 Å². The van der Waals surface area contributed by atoms with Crippen molar-refractivity contribution in [3.8, 4) is 5.88 Å². The SMILES string of the molecule is CCOC1CC(CC(NC)c2nccnc2OC)C1. The Bertz CT molecular complexity index is 394. The fourth-order valence-electron chi connectivity index (χ4n) is 2.67. The highest BCUT2D eigenvalue weighted by atomic mass is 16.5. The lowest BCUT2D eigenvalue weighted by molar-refractivity contribution is -0.0291. The van der Waals surface area contributed by atoms with E-state index in [4.69, 9.17) is 9.47 Å². The van der Waals surface area contributed by atoms with E-state index < -0.39 is 0 Å². The van der Waals surface area contributed by atoms with Gasteiger partial charge in [-0.2, -0.15) is 0 Å². The first kappa shape index (κ1) is 14.2. The van der Waals surface area contributed by atoms with Crippen molar-refractivity contribution in [2.45, 2.75) is 38.3 Å². The minimum absolute atomic E-state index is 0.191. The summed E-state index contributed by atoms with van der Waals surface area (Å²) in [7, 11) is 3.59. The first-order chi connectivity index (χ1) is 9.28. The minimum atomic E-state index is 0.191. The van der Waals surface area contributed by atoms with Crippen molar-refractivity contribution in [2.75, 3.05) is 20.8 Å². The molecule has 1 atom stereocenters. The summed E-state index contributed by atoms with van der Waals surface area (Å²) in [5, 5.41) is 3.32. The third-order valence-corrected chi connectivity index (χ3v) is 3.73. The Morgan fingerprint density at radius 2 is 2.11 bits per heavy atom. The Kier molecular flexibility index (Phi) is 5.10. The average molecular weight is 265 g/mol. The molecule has 0 aliphatic heterocycles. The Labute approximate surface area is 114 Å². The lowest BCUT2D eigenvalue weighted by Gasteiger charge is -2.36. The third-order valence-electron chi connectivity index (χ3n) is 3.73. The first-order valence-electron chi connectivity index (χ1n) is 6.92. The van der Waals surface area contributed by atoms with Crippen molar-refractivity contribution >= 4 is 0 Å². The van der Waals surface area contributed by atoms with Gasteiger partial charge in [-0.05, 0) is 39.2 Å². The topological polar surface area (TPSA) is 56.3 Å². The second-order valence-electron chi connectivity index (χ2n) is 4.94. The second-order valence-corrected chi connectivity index (χ2v) is 4.94. The van der Waals surface area contributed by atoms with E-state index in [2.05, 4.69) is 15.3 Å². The Morgan fingerprint density at radius 3 is 2.74 bits per heavy atom. The Balaban J connectivity index is 1.94. The molecule has 1 aromatic heterocycles. The van der Waals surface area contributed by atoms with Gasteiger partial charge in [-0.3, -0.25) is 4.98 Å². The summed E-state index contributed by atoms with van der Waals surface area (Å²) in [6.45, 7) is 2.86. The quantitative estimate of drug-likeness (QED) is 0.816. The van der Waals surface area contributed by atoms with Crippen LogP contribution in [0.15, 0.2) is 12.4 Å². The standard InChI is InChI=1S/C14H23N3O2/c1-4-19-11-7-10(8-11)9-12(15-2)13-14(18-3)17-6-5-16-13/h5-6,10-12,15H,4,7-9H2,1-3H3. The molecule has 0 aromatic carbocycles. The van der Waals surface area contributed by atoms with Gasteiger partial charge in [-0.25, -0.2) is 4.98 Å². The van der Waals surface area contributed by atoms with Crippen molar-refractivity contribution in [1.82, 2.24) is 15.3 Å². The minimum Gasteiger partial charge on any atom is -0.480 e. The van der Waals surface area contributed by atoms with E-state index in [1.807, 2.05) is 14.0 Å². The van der Waals surface area contributed by atoms with Gasteiger partial charge in [-0.15, -0.1) is 0 Å². The summed E-state index contributed by atoms with van der Waals surface area (Å²) in [6.07, 6.45) is 7.17. The van der Waals surface area contributed by atoms with Gasteiger partial charge in [0.2, 0.25) is 5.88 Å². The highest BCUT2D eigenvalue weighted by Gasteiger charge is 2.32. The highest BCUT2D eigenvalue weighted by molar-refractivity contribution is 5.21. The molecule has 0 saturated heterocycles. The molecule has 5 nitrogen and oxygen atoms in total. The summed E-state index contributed by atoms with van der Waals surface area (Å²) in [4.78, 5) is 8.62. The zero-order chi connectivity index (χ0) is 13.7. The molecule has 1 heterocycles. The number of hydrogen-bond donors (Lipinski definition) is 1. The maximum absolute atomic E-state index is 5.60. The number of ether oxygens (including phenoxy) is 2. The highest BCUT2D eigenvalue weighted by Crippen LogP contribution is 2.37. The van der Waals surface area contributed by atoms with Crippen LogP contribution < -0.4 is 10.1 Å². The molecule has 1 saturated carbocycles. The lowest BCUT2D eigenvalue weighted by atomic mass is 9.77. The summed E-state index contributed by atoms with van der Waals surface area (Å²) in [6, 6.07) is 0.191. The fraction of sp³-hybridized carbons (Fsp3) is 0.714. The van der Waals surface area contributed by atoms with Crippen molar-refractivity contribution < 1.29 is 9.47 Å². The number of nitrogens with zero attached hydrogens (tertiary/aromatic N) is 2. The molecule has 1 aromatic rings. The Hall–Kier alpha value is -1.20. The molecule has 0 radical (unpaired) electrons. The van der Waals surface area contributed by atoms with E-state index in [1.54, 1.807) is 19.5 Å². The smallest absolute Gasteiger partial charge is 0.236 e. The van der Waals surface area contributed by atoms with Crippen LogP contribution in [0.3, 0.4) is 0 Å². The monoisotopic (exact) mass is 265 g/mol. The normalized spacial score (nSPS) is 23.7. The number of hydrogen-bond acceptors (Lipinski definition) is 5. The summed E-state index contributed by atoms with van der Waals surface area (Å²) in [5.41, 5.74) is 0.896. The number of rotatable bonds is 7. The van der Waals surface area contributed by atoms with Crippen molar-refractivity contribution in [3.63, 3.8) is 0 Å². The van der Waals surface area contributed by atoms with E-state index >= 15 is 0 Å². The molecule has 5 heteroatoms. The molecule has 0 amide bonds. The maximum Gasteiger partial charge on any atom is 0.236 e. The molecule has 1 aliphatic rings. The van der Waals surface area contributed by atoms with Gasteiger partial charge in [-0.1, -0.05) is 0 Å². The molecule has 0 spiro atoms. The largest absolute Gasteiger partial charge is 0.480 e. The van der Waals surface area contributed by atoms with Crippen LogP contribution in [0, 0.1) is 5.92 Å². The van der Waals surface area contributed by atoms with E-state index in [0.717, 1.165) is 31.6 Å². The predicted molar refractivity (Wildman–Crippen MR) is 73.1 cm³/mol. The predicted octanol–water partition coefficient (Wildman–Crippen LogP) is 1.95. The van der Waals surface area contributed by atoms with Crippen molar-refractivity contribution in [1.29, 1.82) is 0 Å². The van der Waals surface area contributed by atoms with Gasteiger partial charge in [0.15, 0.2) is 0 Å². The van der Waals surface area contributed by atoms with E-state index in [1.165, 1.54) is 0 Å². The van der Waals surface area contributed by atoms with Gasteiger partial charge in [0.25, 0.3) is 0 Å². The van der Waals surface area contributed by atoms with E-state index in [9.17, 15) is 0 Å². The van der Waals surface area contributed by atoms with Crippen LogP contribution in [-0.2, 0) is 4.74 Å². The summed E-state index contributed by atoms with van der Waals surface area (Å²) < 4.78 is 10.9. The first-order valence-corrected chi connectivity index (χ1v) is 6.92. The lowest BCUT2D eigenvalue weighted by Crippen LogP contribution is -2.34. The number of methoxy groups -OCH3 is 1. The molecule has 1 N–H and O–H groups in total. The molecule has 106 valence electrons. The summed E-state index contributed by atoms with van der Waals surface area (Å²) in [5.74, 6) is 1.31. The number of aromatic nitrogens is 2. The van der Waals surface area contributed by atoms with Gasteiger partial charge < -0.3 is 14.8 Å². The van der Waals surface area contributed by atoms with Gasteiger partial charge in [0, 0.05) is 19.0 Å². The van der Waals surface area contributed by atoms with Crippen LogP contribution in [0.25, 0.3) is 0 Å². The zero-order valence-corrected chi connectivity index (χ0v) is 11.9. The average Bonchev–Trinajstić information content (AvgIpc) is 2.41. The second kappa shape index (κ2) is 6.82. The molecule has 2 rings (SSSR count). The van der Waals surface area contributed by atoms with Crippen LogP contribution in [0.1, 0.15) is 37.9 Å². The molecule has 0 bridgehead atoms. The summed E-state index contributed by atoms with van der Waals surface area (Å²) >= 11 is 0. The van der Waals surface area contributed by atoms with Crippen molar-refractivity contribution in [3.05, 3.63) is 18.1 Å². The third kappa shape index (κ3) is 3.42. The van der Waals surface area contributed by atoms with E-state index in [-0.39, 0.29) is 6.04 Å². The van der Waals surface area contributed by atoms with Crippen molar-refractivity contribution in [2.24, 2.45) is 5.92 Å². The van der Waals surface area contributed by atoms with E-state index in [0.29, 0.717) is 17.9 Å². The molecule has 1 fully saturated rings.